The Hall–Kier alpha value is -2.00. The van der Waals surface area contributed by atoms with Crippen molar-refractivity contribution in [1.29, 1.82) is 0 Å². The molecule has 0 aromatic heterocycles. The second kappa shape index (κ2) is 9.21. The highest BCUT2D eigenvalue weighted by molar-refractivity contribution is 7.99. The summed E-state index contributed by atoms with van der Waals surface area (Å²) in [6, 6.07) is 18.2. The van der Waals surface area contributed by atoms with Crippen LogP contribution in [0.1, 0.15) is 29.3 Å². The molecule has 0 unspecified atom stereocenters. The lowest BCUT2D eigenvalue weighted by Gasteiger charge is -2.15. The van der Waals surface area contributed by atoms with Gasteiger partial charge in [-0.05, 0) is 37.5 Å². The molecule has 1 atom stereocenters. The van der Waals surface area contributed by atoms with Gasteiger partial charge in [-0.3, -0.25) is 4.79 Å². The van der Waals surface area contributed by atoms with E-state index in [1.807, 2.05) is 48.5 Å². The number of carbonyl (C=O) groups is 1. The summed E-state index contributed by atoms with van der Waals surface area (Å²) in [6.07, 6.45) is 3.74. The zero-order valence-corrected chi connectivity index (χ0v) is 14.3. The normalized spacial score (nSPS) is 11.7. The Kier molecular flexibility index (Phi) is 6.95. The van der Waals surface area contributed by atoms with Gasteiger partial charge in [0.25, 0.3) is 5.91 Å². The Labute approximate surface area is 143 Å². The topological polar surface area (TPSA) is 29.1 Å². The maximum atomic E-state index is 12.5. The Morgan fingerprint density at radius 1 is 1.17 bits per heavy atom. The van der Waals surface area contributed by atoms with E-state index >= 15 is 0 Å². The van der Waals surface area contributed by atoms with Crippen LogP contribution in [0.3, 0.4) is 0 Å². The molecule has 1 amide bonds. The summed E-state index contributed by atoms with van der Waals surface area (Å²) in [5.41, 5.74) is 2.04. The first-order valence-electron chi connectivity index (χ1n) is 7.88. The molecule has 0 saturated heterocycles. The molecule has 0 heterocycles. The van der Waals surface area contributed by atoms with Crippen LogP contribution in [0.2, 0.25) is 0 Å². The van der Waals surface area contributed by atoms with Crippen molar-refractivity contribution in [2.75, 3.05) is 5.75 Å². The standard InChI is InChI=1S/C20H23NOS/c1-3-15-23-19-12-8-7-11-18(19)20(22)21-16(2)13-14-17-9-5-4-6-10-17/h3-12,16H,1,13-15H2,2H3,(H,21,22)/t16-/m0/s1. The van der Waals surface area contributed by atoms with Crippen molar-refractivity contribution in [3.05, 3.63) is 78.4 Å². The van der Waals surface area contributed by atoms with E-state index in [4.69, 9.17) is 0 Å². The molecule has 0 aliphatic carbocycles. The first kappa shape index (κ1) is 17.4. The zero-order valence-electron chi connectivity index (χ0n) is 13.5. The lowest BCUT2D eigenvalue weighted by Crippen LogP contribution is -2.33. The minimum absolute atomic E-state index is 0.00211. The molecule has 2 rings (SSSR count). The zero-order chi connectivity index (χ0) is 16.5. The van der Waals surface area contributed by atoms with Gasteiger partial charge < -0.3 is 5.32 Å². The number of hydrogen-bond donors (Lipinski definition) is 1. The van der Waals surface area contributed by atoms with Gasteiger partial charge in [-0.1, -0.05) is 48.5 Å². The van der Waals surface area contributed by atoms with Crippen LogP contribution in [0.4, 0.5) is 0 Å². The maximum absolute atomic E-state index is 12.5. The quantitative estimate of drug-likeness (QED) is 0.562. The Morgan fingerprint density at radius 3 is 2.61 bits per heavy atom. The third kappa shape index (κ3) is 5.61. The van der Waals surface area contributed by atoms with Crippen molar-refractivity contribution in [2.24, 2.45) is 0 Å². The van der Waals surface area contributed by atoms with E-state index in [0.29, 0.717) is 0 Å². The minimum atomic E-state index is -0.00211. The van der Waals surface area contributed by atoms with Crippen LogP contribution in [-0.4, -0.2) is 17.7 Å². The van der Waals surface area contributed by atoms with Gasteiger partial charge >= 0.3 is 0 Å². The van der Waals surface area contributed by atoms with Gasteiger partial charge in [-0.25, -0.2) is 0 Å². The van der Waals surface area contributed by atoms with Crippen LogP contribution in [0, 0.1) is 0 Å². The minimum Gasteiger partial charge on any atom is -0.350 e. The predicted octanol–water partition coefficient (Wildman–Crippen LogP) is 4.72. The molecule has 0 bridgehead atoms. The van der Waals surface area contributed by atoms with Crippen LogP contribution < -0.4 is 5.32 Å². The van der Waals surface area contributed by atoms with Crippen LogP contribution in [0.25, 0.3) is 0 Å². The first-order valence-corrected chi connectivity index (χ1v) is 8.86. The van der Waals surface area contributed by atoms with E-state index in [2.05, 4.69) is 31.0 Å². The summed E-state index contributed by atoms with van der Waals surface area (Å²) in [7, 11) is 0. The van der Waals surface area contributed by atoms with E-state index in [1.54, 1.807) is 11.8 Å². The molecule has 3 heteroatoms. The summed E-state index contributed by atoms with van der Waals surface area (Å²) < 4.78 is 0. The van der Waals surface area contributed by atoms with Gasteiger partial charge in [0.05, 0.1) is 5.56 Å². The Morgan fingerprint density at radius 2 is 1.87 bits per heavy atom. The Balaban J connectivity index is 1.92. The number of rotatable bonds is 8. The van der Waals surface area contributed by atoms with Crippen molar-refractivity contribution in [2.45, 2.75) is 30.7 Å². The summed E-state index contributed by atoms with van der Waals surface area (Å²) in [5.74, 6) is 0.797. The first-order chi connectivity index (χ1) is 11.2. The molecule has 2 nitrogen and oxygen atoms in total. The van der Waals surface area contributed by atoms with E-state index < -0.39 is 0 Å². The number of hydrogen-bond acceptors (Lipinski definition) is 2. The van der Waals surface area contributed by atoms with Crippen LogP contribution in [0.15, 0.2) is 72.1 Å². The number of amides is 1. The molecule has 1 N–H and O–H groups in total. The highest BCUT2D eigenvalue weighted by Crippen LogP contribution is 2.22. The molecule has 0 aliphatic heterocycles. The number of aryl methyl sites for hydroxylation is 1. The van der Waals surface area contributed by atoms with E-state index in [1.165, 1.54) is 5.56 Å². The fourth-order valence-corrected chi connectivity index (χ4v) is 3.12. The number of benzene rings is 2. The van der Waals surface area contributed by atoms with E-state index in [0.717, 1.165) is 29.1 Å². The molecule has 0 saturated carbocycles. The van der Waals surface area contributed by atoms with Gasteiger partial charge in [0, 0.05) is 16.7 Å². The molecule has 0 spiro atoms. The fourth-order valence-electron chi connectivity index (χ4n) is 2.33. The van der Waals surface area contributed by atoms with E-state index in [-0.39, 0.29) is 11.9 Å². The number of nitrogens with one attached hydrogen (secondary N) is 1. The number of carbonyl (C=O) groups excluding carboxylic acids is 1. The summed E-state index contributed by atoms with van der Waals surface area (Å²) in [5, 5.41) is 3.11. The van der Waals surface area contributed by atoms with Crippen molar-refractivity contribution < 1.29 is 4.79 Å². The molecule has 120 valence electrons. The average molecular weight is 325 g/mol. The van der Waals surface area contributed by atoms with Crippen molar-refractivity contribution in [3.63, 3.8) is 0 Å². The van der Waals surface area contributed by atoms with Gasteiger partial charge in [0.1, 0.15) is 0 Å². The largest absolute Gasteiger partial charge is 0.350 e. The molecule has 2 aromatic rings. The summed E-state index contributed by atoms with van der Waals surface area (Å²) in [6.45, 7) is 5.79. The van der Waals surface area contributed by atoms with Gasteiger partial charge in [-0.15, -0.1) is 18.3 Å². The van der Waals surface area contributed by atoms with Crippen LogP contribution >= 0.6 is 11.8 Å². The highest BCUT2D eigenvalue weighted by Gasteiger charge is 2.13. The molecule has 0 fully saturated rings. The summed E-state index contributed by atoms with van der Waals surface area (Å²) >= 11 is 1.63. The monoisotopic (exact) mass is 325 g/mol. The summed E-state index contributed by atoms with van der Waals surface area (Å²) in [4.78, 5) is 13.5. The second-order valence-electron chi connectivity index (χ2n) is 5.49. The van der Waals surface area contributed by atoms with E-state index in [9.17, 15) is 4.79 Å². The molecular formula is C20H23NOS. The predicted molar refractivity (Wildman–Crippen MR) is 99.1 cm³/mol. The SMILES string of the molecule is C=CCSc1ccccc1C(=O)N[C@@H](C)CCc1ccccc1. The molecular weight excluding hydrogens is 302 g/mol. The van der Waals surface area contributed by atoms with Gasteiger partial charge in [0.2, 0.25) is 0 Å². The molecule has 0 radical (unpaired) electrons. The highest BCUT2D eigenvalue weighted by atomic mass is 32.2. The molecule has 2 aromatic carbocycles. The molecule has 23 heavy (non-hydrogen) atoms. The van der Waals surface area contributed by atoms with Gasteiger partial charge in [-0.2, -0.15) is 0 Å². The van der Waals surface area contributed by atoms with Crippen LogP contribution in [-0.2, 0) is 6.42 Å². The lowest BCUT2D eigenvalue weighted by atomic mass is 10.1. The van der Waals surface area contributed by atoms with Gasteiger partial charge in [0.15, 0.2) is 0 Å². The number of thioether (sulfide) groups is 1. The van der Waals surface area contributed by atoms with Crippen molar-refractivity contribution in [1.82, 2.24) is 5.32 Å². The third-order valence-corrected chi connectivity index (χ3v) is 4.64. The average Bonchev–Trinajstić information content (AvgIpc) is 2.59. The smallest absolute Gasteiger partial charge is 0.252 e. The van der Waals surface area contributed by atoms with Crippen LogP contribution in [0.5, 0.6) is 0 Å². The lowest BCUT2D eigenvalue weighted by molar-refractivity contribution is 0.0935. The third-order valence-electron chi connectivity index (χ3n) is 3.57. The maximum Gasteiger partial charge on any atom is 0.252 e. The second-order valence-corrected chi connectivity index (χ2v) is 6.56. The van der Waals surface area contributed by atoms with Crippen molar-refractivity contribution in [3.8, 4) is 0 Å². The van der Waals surface area contributed by atoms with Crippen molar-refractivity contribution >= 4 is 17.7 Å². The Bertz CT molecular complexity index is 639. The fraction of sp³-hybridized carbons (Fsp3) is 0.250. The molecule has 0 aliphatic rings.